The van der Waals surface area contributed by atoms with Gasteiger partial charge in [0, 0.05) is 16.6 Å². The van der Waals surface area contributed by atoms with E-state index < -0.39 is 5.54 Å². The van der Waals surface area contributed by atoms with Crippen LogP contribution in [-0.2, 0) is 4.79 Å². The Labute approximate surface area is 122 Å². The Morgan fingerprint density at radius 1 is 1.35 bits per heavy atom. The number of hydrogen-bond acceptors (Lipinski definition) is 4. The first-order chi connectivity index (χ1) is 9.57. The second-order valence-electron chi connectivity index (χ2n) is 5.29. The number of aryl methyl sites for hydroxylation is 1. The summed E-state index contributed by atoms with van der Waals surface area (Å²) in [6, 6.07) is 7.72. The van der Waals surface area contributed by atoms with Crippen molar-refractivity contribution in [2.24, 2.45) is 5.73 Å². The van der Waals surface area contributed by atoms with Crippen LogP contribution in [0.5, 0.6) is 0 Å². The summed E-state index contributed by atoms with van der Waals surface area (Å²) in [5.41, 5.74) is 8.14. The topological polar surface area (TPSA) is 68.0 Å². The van der Waals surface area contributed by atoms with E-state index in [-0.39, 0.29) is 5.91 Å². The van der Waals surface area contributed by atoms with Gasteiger partial charge in [0.2, 0.25) is 5.91 Å². The van der Waals surface area contributed by atoms with Crippen molar-refractivity contribution in [3.8, 4) is 11.3 Å². The number of amides is 1. The predicted octanol–water partition coefficient (Wildman–Crippen LogP) is 2.94. The highest BCUT2D eigenvalue weighted by Gasteiger charge is 2.40. The lowest BCUT2D eigenvalue weighted by molar-refractivity contribution is -0.123. The molecular weight excluding hydrogens is 270 g/mol. The van der Waals surface area contributed by atoms with Crippen molar-refractivity contribution in [2.45, 2.75) is 31.7 Å². The van der Waals surface area contributed by atoms with Crippen molar-refractivity contribution < 1.29 is 4.79 Å². The third-order valence-corrected chi connectivity index (χ3v) is 4.53. The molecule has 0 atom stereocenters. The first-order valence-electron chi connectivity index (χ1n) is 6.70. The van der Waals surface area contributed by atoms with Crippen molar-refractivity contribution >= 4 is 22.9 Å². The van der Waals surface area contributed by atoms with E-state index in [1.165, 1.54) is 0 Å². The molecule has 1 heterocycles. The average molecular weight is 287 g/mol. The number of rotatable bonds is 3. The number of benzene rings is 1. The summed E-state index contributed by atoms with van der Waals surface area (Å²) in [5, 5.41) is 5.97. The Morgan fingerprint density at radius 3 is 2.55 bits per heavy atom. The zero-order valence-electron chi connectivity index (χ0n) is 11.3. The number of aromatic nitrogens is 1. The summed E-state index contributed by atoms with van der Waals surface area (Å²) in [6.07, 6.45) is 2.58. The van der Waals surface area contributed by atoms with Gasteiger partial charge < -0.3 is 11.1 Å². The van der Waals surface area contributed by atoms with E-state index in [9.17, 15) is 4.79 Å². The molecule has 1 aliphatic carbocycles. The van der Waals surface area contributed by atoms with E-state index in [4.69, 9.17) is 5.73 Å². The number of anilines is 1. The quantitative estimate of drug-likeness (QED) is 0.912. The van der Waals surface area contributed by atoms with Crippen molar-refractivity contribution in [2.75, 3.05) is 5.32 Å². The molecule has 1 saturated carbocycles. The molecule has 4 nitrogen and oxygen atoms in total. The van der Waals surface area contributed by atoms with Crippen LogP contribution in [-0.4, -0.2) is 16.4 Å². The minimum Gasteiger partial charge on any atom is -0.324 e. The van der Waals surface area contributed by atoms with E-state index >= 15 is 0 Å². The zero-order valence-corrected chi connectivity index (χ0v) is 12.2. The molecule has 3 N–H and O–H groups in total. The molecule has 0 unspecified atom stereocenters. The molecule has 3 rings (SSSR count). The summed E-state index contributed by atoms with van der Waals surface area (Å²) in [4.78, 5) is 16.5. The lowest BCUT2D eigenvalue weighted by Crippen LogP contribution is -2.56. The van der Waals surface area contributed by atoms with Crippen LogP contribution in [0.1, 0.15) is 24.3 Å². The summed E-state index contributed by atoms with van der Waals surface area (Å²) in [7, 11) is 0. The van der Waals surface area contributed by atoms with E-state index in [2.05, 4.69) is 10.3 Å². The number of thiazole rings is 1. The molecule has 1 aromatic carbocycles. The van der Waals surface area contributed by atoms with Crippen LogP contribution in [0.4, 0.5) is 5.69 Å². The number of hydrogen-bond donors (Lipinski definition) is 2. The van der Waals surface area contributed by atoms with Gasteiger partial charge in [0.1, 0.15) is 0 Å². The van der Waals surface area contributed by atoms with E-state index in [1.54, 1.807) is 11.3 Å². The van der Waals surface area contributed by atoms with Gasteiger partial charge in [-0.3, -0.25) is 4.79 Å². The fourth-order valence-corrected chi connectivity index (χ4v) is 2.88. The first kappa shape index (κ1) is 13.3. The van der Waals surface area contributed by atoms with Crippen LogP contribution in [0, 0.1) is 6.92 Å². The number of nitrogens with two attached hydrogens (primary N) is 1. The minimum absolute atomic E-state index is 0.0824. The third kappa shape index (κ3) is 2.46. The molecule has 104 valence electrons. The lowest BCUT2D eigenvalue weighted by atomic mass is 9.77. The average Bonchev–Trinajstić information content (AvgIpc) is 2.83. The van der Waals surface area contributed by atoms with Crippen molar-refractivity contribution in [3.63, 3.8) is 0 Å². The molecule has 1 amide bonds. The van der Waals surface area contributed by atoms with Crippen molar-refractivity contribution in [1.29, 1.82) is 0 Å². The van der Waals surface area contributed by atoms with Crippen LogP contribution >= 0.6 is 11.3 Å². The Balaban J connectivity index is 1.71. The van der Waals surface area contributed by atoms with Crippen LogP contribution < -0.4 is 11.1 Å². The maximum Gasteiger partial charge on any atom is 0.244 e. The molecule has 0 radical (unpaired) electrons. The second kappa shape index (κ2) is 5.00. The standard InChI is InChI=1S/C15H17N3OS/c1-10-17-13(9-20-10)11-3-5-12(6-4-11)18-14(19)15(16)7-2-8-15/h3-6,9H,2,7-8,16H2,1H3,(H,18,19). The van der Waals surface area contributed by atoms with Gasteiger partial charge in [-0.05, 0) is 38.3 Å². The van der Waals surface area contributed by atoms with Crippen LogP contribution in [0.15, 0.2) is 29.6 Å². The summed E-state index contributed by atoms with van der Waals surface area (Å²) < 4.78 is 0. The summed E-state index contributed by atoms with van der Waals surface area (Å²) in [6.45, 7) is 1.99. The van der Waals surface area contributed by atoms with Gasteiger partial charge in [0.05, 0.1) is 16.2 Å². The van der Waals surface area contributed by atoms with Crippen molar-refractivity contribution in [1.82, 2.24) is 4.98 Å². The molecule has 1 aromatic heterocycles. The maximum absolute atomic E-state index is 12.0. The molecular formula is C15H17N3OS. The van der Waals surface area contributed by atoms with Crippen LogP contribution in [0.3, 0.4) is 0 Å². The van der Waals surface area contributed by atoms with Crippen LogP contribution in [0.2, 0.25) is 0 Å². The number of carbonyl (C=O) groups is 1. The largest absolute Gasteiger partial charge is 0.324 e. The second-order valence-corrected chi connectivity index (χ2v) is 6.36. The highest BCUT2D eigenvalue weighted by atomic mass is 32.1. The van der Waals surface area contributed by atoms with E-state index in [1.807, 2.05) is 36.6 Å². The van der Waals surface area contributed by atoms with Gasteiger partial charge in [0.15, 0.2) is 0 Å². The Morgan fingerprint density at radius 2 is 2.05 bits per heavy atom. The van der Waals surface area contributed by atoms with Gasteiger partial charge in [-0.25, -0.2) is 4.98 Å². The summed E-state index contributed by atoms with van der Waals surface area (Å²) in [5.74, 6) is -0.0824. The molecule has 1 aliphatic rings. The van der Waals surface area contributed by atoms with Crippen molar-refractivity contribution in [3.05, 3.63) is 34.7 Å². The number of nitrogens with one attached hydrogen (secondary N) is 1. The Bertz CT molecular complexity index is 629. The predicted molar refractivity (Wildman–Crippen MR) is 81.7 cm³/mol. The molecule has 0 bridgehead atoms. The minimum atomic E-state index is -0.662. The van der Waals surface area contributed by atoms with Gasteiger partial charge in [0.25, 0.3) is 0 Å². The molecule has 0 spiro atoms. The SMILES string of the molecule is Cc1nc(-c2ccc(NC(=O)C3(N)CCC3)cc2)cs1. The lowest BCUT2D eigenvalue weighted by Gasteiger charge is -2.36. The smallest absolute Gasteiger partial charge is 0.244 e. The third-order valence-electron chi connectivity index (χ3n) is 3.76. The molecule has 1 fully saturated rings. The van der Waals surface area contributed by atoms with Gasteiger partial charge in [-0.1, -0.05) is 12.1 Å². The first-order valence-corrected chi connectivity index (χ1v) is 7.58. The summed E-state index contributed by atoms with van der Waals surface area (Å²) >= 11 is 1.63. The molecule has 0 aliphatic heterocycles. The normalized spacial score (nSPS) is 16.5. The maximum atomic E-state index is 12.0. The number of carbonyl (C=O) groups excluding carboxylic acids is 1. The zero-order chi connectivity index (χ0) is 14.2. The molecule has 5 heteroatoms. The fourth-order valence-electron chi connectivity index (χ4n) is 2.26. The van der Waals surface area contributed by atoms with Crippen LogP contribution in [0.25, 0.3) is 11.3 Å². The van der Waals surface area contributed by atoms with E-state index in [0.717, 1.165) is 41.2 Å². The molecule has 2 aromatic rings. The van der Waals surface area contributed by atoms with Gasteiger partial charge in [-0.2, -0.15) is 0 Å². The number of nitrogens with zero attached hydrogens (tertiary/aromatic N) is 1. The van der Waals surface area contributed by atoms with Gasteiger partial charge in [-0.15, -0.1) is 11.3 Å². The van der Waals surface area contributed by atoms with Gasteiger partial charge >= 0.3 is 0 Å². The highest BCUT2D eigenvalue weighted by molar-refractivity contribution is 7.09. The Kier molecular flexibility index (Phi) is 3.31. The molecule has 20 heavy (non-hydrogen) atoms. The monoisotopic (exact) mass is 287 g/mol. The molecule has 0 saturated heterocycles. The van der Waals surface area contributed by atoms with E-state index in [0.29, 0.717) is 0 Å². The fraction of sp³-hybridized carbons (Fsp3) is 0.333. The highest BCUT2D eigenvalue weighted by Crippen LogP contribution is 2.30. The Hall–Kier alpha value is -1.72.